The first-order valence-corrected chi connectivity index (χ1v) is 8.10. The van der Waals surface area contributed by atoms with Crippen molar-refractivity contribution in [2.45, 2.75) is 18.0 Å². The maximum absolute atomic E-state index is 12.2. The molecule has 2 heterocycles. The van der Waals surface area contributed by atoms with Crippen LogP contribution < -0.4 is 10.0 Å². The monoisotopic (exact) mass is 297 g/mol. The van der Waals surface area contributed by atoms with Crippen LogP contribution in [0.4, 0.5) is 0 Å². The Labute approximate surface area is 116 Å². The third-order valence-electron chi connectivity index (χ3n) is 2.50. The summed E-state index contributed by atoms with van der Waals surface area (Å²) < 4.78 is 27.0. The van der Waals surface area contributed by atoms with E-state index in [1.165, 1.54) is 11.3 Å². The molecule has 2 N–H and O–H groups in total. The molecule has 0 fully saturated rings. The maximum atomic E-state index is 12.2. The van der Waals surface area contributed by atoms with Crippen molar-refractivity contribution in [1.82, 2.24) is 15.0 Å². The van der Waals surface area contributed by atoms with Crippen LogP contribution in [0.3, 0.4) is 0 Å². The number of nitrogens with zero attached hydrogens (tertiary/aromatic N) is 1. The second-order valence-electron chi connectivity index (χ2n) is 3.88. The van der Waals surface area contributed by atoms with Gasteiger partial charge in [-0.05, 0) is 30.6 Å². The van der Waals surface area contributed by atoms with E-state index in [1.54, 1.807) is 36.8 Å². The summed E-state index contributed by atoms with van der Waals surface area (Å²) in [5.41, 5.74) is 0.691. The average molecular weight is 297 g/mol. The number of hydrogen-bond donors (Lipinski definition) is 2. The molecule has 102 valence electrons. The lowest BCUT2D eigenvalue weighted by Crippen LogP contribution is -2.24. The van der Waals surface area contributed by atoms with Crippen LogP contribution in [-0.2, 0) is 23.1 Å². The highest BCUT2D eigenvalue weighted by Gasteiger charge is 2.19. The van der Waals surface area contributed by atoms with Crippen molar-refractivity contribution >= 4 is 21.4 Å². The molecule has 2 rings (SSSR count). The molecule has 0 spiro atoms. The molecule has 0 atom stereocenters. The summed E-state index contributed by atoms with van der Waals surface area (Å²) >= 11 is 1.43. The van der Waals surface area contributed by atoms with Gasteiger partial charge in [0.25, 0.3) is 0 Å². The van der Waals surface area contributed by atoms with Gasteiger partial charge < -0.3 is 5.32 Å². The first-order valence-electron chi connectivity index (χ1n) is 5.74. The molecule has 5 nitrogen and oxygen atoms in total. The number of nitrogens with one attached hydrogen (secondary N) is 2. The van der Waals surface area contributed by atoms with Crippen LogP contribution in [0.1, 0.15) is 10.6 Å². The van der Waals surface area contributed by atoms with Crippen LogP contribution in [-0.4, -0.2) is 20.4 Å². The highest BCUT2D eigenvalue weighted by molar-refractivity contribution is 7.89. The fraction of sp³-hybridized carbons (Fsp3) is 0.250. The van der Waals surface area contributed by atoms with Crippen LogP contribution in [0.25, 0.3) is 0 Å². The molecule has 0 aliphatic carbocycles. The minimum absolute atomic E-state index is 0.192. The van der Waals surface area contributed by atoms with E-state index in [0.717, 1.165) is 4.88 Å². The first kappa shape index (κ1) is 14.1. The van der Waals surface area contributed by atoms with Crippen LogP contribution in [0.5, 0.6) is 0 Å². The summed E-state index contributed by atoms with van der Waals surface area (Å²) in [4.78, 5) is 5.22. The van der Waals surface area contributed by atoms with E-state index in [-0.39, 0.29) is 6.54 Å². The third kappa shape index (κ3) is 3.60. The topological polar surface area (TPSA) is 71.1 Å². The molecule has 0 saturated heterocycles. The van der Waals surface area contributed by atoms with E-state index in [4.69, 9.17) is 0 Å². The summed E-state index contributed by atoms with van der Waals surface area (Å²) in [6.45, 7) is 0.732. The van der Waals surface area contributed by atoms with Crippen LogP contribution in [0.2, 0.25) is 0 Å². The molecule has 0 saturated carbocycles. The number of aromatic nitrogens is 1. The maximum Gasteiger partial charge on any atom is 0.242 e. The zero-order valence-corrected chi connectivity index (χ0v) is 12.1. The van der Waals surface area contributed by atoms with Gasteiger partial charge >= 0.3 is 0 Å². The van der Waals surface area contributed by atoms with Gasteiger partial charge in [0.1, 0.15) is 0 Å². The zero-order valence-electron chi connectivity index (χ0n) is 10.5. The Balaban J connectivity index is 2.12. The van der Waals surface area contributed by atoms with Gasteiger partial charge in [0.15, 0.2) is 0 Å². The van der Waals surface area contributed by atoms with Crippen molar-refractivity contribution in [2.24, 2.45) is 0 Å². The van der Waals surface area contributed by atoms with E-state index in [9.17, 15) is 8.42 Å². The number of hydrogen-bond acceptors (Lipinski definition) is 5. The van der Waals surface area contributed by atoms with Crippen LogP contribution in [0, 0.1) is 0 Å². The van der Waals surface area contributed by atoms with Gasteiger partial charge in [-0.15, -0.1) is 11.3 Å². The second-order valence-corrected chi connectivity index (χ2v) is 6.62. The number of rotatable bonds is 6. The molecular formula is C12H15N3O2S2. The van der Waals surface area contributed by atoms with Crippen molar-refractivity contribution in [3.63, 3.8) is 0 Å². The predicted molar refractivity (Wildman–Crippen MR) is 75.3 cm³/mol. The molecule has 0 aromatic carbocycles. The lowest BCUT2D eigenvalue weighted by Gasteiger charge is -2.07. The van der Waals surface area contributed by atoms with Gasteiger partial charge in [-0.2, -0.15) is 0 Å². The highest BCUT2D eigenvalue weighted by atomic mass is 32.2. The average Bonchev–Trinajstić information content (AvgIpc) is 2.87. The summed E-state index contributed by atoms with van der Waals surface area (Å²) in [6.07, 6.45) is 1.64. The first-order chi connectivity index (χ1) is 9.13. The molecule has 0 amide bonds. The molecule has 0 radical (unpaired) electrons. The lowest BCUT2D eigenvalue weighted by molar-refractivity contribution is 0.579. The normalized spacial score (nSPS) is 11.6. The Morgan fingerprint density at radius 1 is 1.26 bits per heavy atom. The van der Waals surface area contributed by atoms with Gasteiger partial charge in [-0.3, -0.25) is 4.98 Å². The molecule has 7 heteroatoms. The summed E-state index contributed by atoms with van der Waals surface area (Å²) in [6, 6.07) is 7.03. The Morgan fingerprint density at radius 3 is 2.79 bits per heavy atom. The minimum atomic E-state index is -3.49. The van der Waals surface area contributed by atoms with Crippen molar-refractivity contribution in [3.8, 4) is 0 Å². The molecule has 2 aromatic rings. The van der Waals surface area contributed by atoms with E-state index in [1.807, 2.05) is 6.07 Å². The van der Waals surface area contributed by atoms with E-state index in [0.29, 0.717) is 17.1 Å². The smallest absolute Gasteiger partial charge is 0.242 e. The number of sulfonamides is 1. The summed E-state index contributed by atoms with van der Waals surface area (Å²) in [5.74, 6) is 0. The van der Waals surface area contributed by atoms with E-state index >= 15 is 0 Å². The Morgan fingerprint density at radius 2 is 2.11 bits per heavy atom. The third-order valence-corrected chi connectivity index (χ3v) is 5.04. The fourth-order valence-corrected chi connectivity index (χ4v) is 4.06. The predicted octanol–water partition coefficient (Wildman–Crippen LogP) is 1.34. The van der Waals surface area contributed by atoms with Crippen molar-refractivity contribution in [1.29, 1.82) is 0 Å². The lowest BCUT2D eigenvalue weighted by atomic mass is 10.4. The molecule has 0 aliphatic rings. The van der Waals surface area contributed by atoms with Crippen LogP contribution >= 0.6 is 11.3 Å². The van der Waals surface area contributed by atoms with Crippen molar-refractivity contribution < 1.29 is 8.42 Å². The number of pyridine rings is 1. The summed E-state index contributed by atoms with van der Waals surface area (Å²) in [5, 5.41) is 4.74. The van der Waals surface area contributed by atoms with Crippen molar-refractivity contribution in [3.05, 3.63) is 46.4 Å². The quantitative estimate of drug-likeness (QED) is 0.844. The summed E-state index contributed by atoms with van der Waals surface area (Å²) in [7, 11) is -1.70. The van der Waals surface area contributed by atoms with Crippen molar-refractivity contribution in [2.75, 3.05) is 7.05 Å². The SMILES string of the molecule is CNCc1sccc1S(=O)(=O)NCc1ccccn1. The van der Waals surface area contributed by atoms with Gasteiger partial charge in [0.2, 0.25) is 10.0 Å². The number of thiophene rings is 1. The second kappa shape index (κ2) is 6.25. The molecular weight excluding hydrogens is 282 g/mol. The molecule has 0 bridgehead atoms. The van der Waals surface area contributed by atoms with Gasteiger partial charge in [-0.1, -0.05) is 6.07 Å². The minimum Gasteiger partial charge on any atom is -0.315 e. The largest absolute Gasteiger partial charge is 0.315 e. The van der Waals surface area contributed by atoms with Gasteiger partial charge in [0, 0.05) is 17.6 Å². The molecule has 0 unspecified atom stereocenters. The van der Waals surface area contributed by atoms with E-state index < -0.39 is 10.0 Å². The Bertz CT molecular complexity index is 623. The molecule has 0 aliphatic heterocycles. The Kier molecular flexibility index (Phi) is 4.65. The molecule has 2 aromatic heterocycles. The van der Waals surface area contributed by atoms with Gasteiger partial charge in [-0.25, -0.2) is 13.1 Å². The van der Waals surface area contributed by atoms with Crippen LogP contribution in [0.15, 0.2) is 40.7 Å². The van der Waals surface area contributed by atoms with Gasteiger partial charge in [0.05, 0.1) is 17.1 Å². The highest BCUT2D eigenvalue weighted by Crippen LogP contribution is 2.21. The fourth-order valence-electron chi connectivity index (χ4n) is 1.61. The standard InChI is InChI=1S/C12H15N3O2S2/c1-13-9-11-12(5-7-18-11)19(16,17)15-8-10-4-2-3-6-14-10/h2-7,13,15H,8-9H2,1H3. The zero-order chi connectivity index (χ0) is 13.7. The molecule has 19 heavy (non-hydrogen) atoms. The van der Waals surface area contributed by atoms with E-state index in [2.05, 4.69) is 15.0 Å². The Hall–Kier alpha value is -1.28.